The number of aryl methyl sites for hydroxylation is 1. The summed E-state index contributed by atoms with van der Waals surface area (Å²) in [7, 11) is 0. The summed E-state index contributed by atoms with van der Waals surface area (Å²) in [4.78, 5) is 37.2. The molecule has 0 radical (unpaired) electrons. The molecule has 8 heteroatoms. The number of hydrogen-bond donors (Lipinski definition) is 1. The third-order valence-electron chi connectivity index (χ3n) is 3.55. The maximum atomic E-state index is 12.2. The van der Waals surface area contributed by atoms with E-state index in [0.717, 1.165) is 14.0 Å². The smallest absolute Gasteiger partial charge is 0.341 e. The predicted molar refractivity (Wildman–Crippen MR) is 108 cm³/mol. The molecule has 0 unspecified atom stereocenters. The van der Waals surface area contributed by atoms with E-state index in [-0.39, 0.29) is 6.61 Å². The van der Waals surface area contributed by atoms with Crippen LogP contribution in [0.3, 0.4) is 0 Å². The lowest BCUT2D eigenvalue weighted by atomic mass is 10.1. The summed E-state index contributed by atoms with van der Waals surface area (Å²) in [5.74, 6) is -1.58. The molecule has 0 aliphatic carbocycles. The van der Waals surface area contributed by atoms with Crippen molar-refractivity contribution in [3.63, 3.8) is 0 Å². The molecule has 26 heavy (non-hydrogen) atoms. The molecule has 1 N–H and O–H groups in total. The zero-order chi connectivity index (χ0) is 19.3. The van der Waals surface area contributed by atoms with Gasteiger partial charge in [0, 0.05) is 8.45 Å². The third-order valence-corrected chi connectivity index (χ3v) is 5.61. The minimum Gasteiger partial charge on any atom is -0.462 e. The minimum atomic E-state index is -0.575. The summed E-state index contributed by atoms with van der Waals surface area (Å²) in [5, 5.41) is 3.03. The minimum absolute atomic E-state index is 0.244. The first-order valence-electron chi connectivity index (χ1n) is 7.83. The average molecular weight is 487 g/mol. The predicted octanol–water partition coefficient (Wildman–Crippen LogP) is 3.94. The summed E-state index contributed by atoms with van der Waals surface area (Å²) in [6, 6.07) is 6.94. The van der Waals surface area contributed by atoms with Crippen LogP contribution < -0.4 is 5.32 Å². The van der Waals surface area contributed by atoms with Crippen LogP contribution in [0.4, 0.5) is 5.00 Å². The lowest BCUT2D eigenvalue weighted by Gasteiger charge is -2.08. The molecule has 1 heterocycles. The number of thiophene rings is 1. The topological polar surface area (TPSA) is 81.7 Å². The number of amides is 1. The molecule has 0 saturated carbocycles. The van der Waals surface area contributed by atoms with Crippen LogP contribution in [-0.4, -0.2) is 31.1 Å². The van der Waals surface area contributed by atoms with Gasteiger partial charge in [-0.2, -0.15) is 0 Å². The van der Waals surface area contributed by atoms with E-state index in [1.54, 1.807) is 32.0 Å². The lowest BCUT2D eigenvalue weighted by Crippen LogP contribution is -2.22. The number of halogens is 1. The first-order valence-corrected chi connectivity index (χ1v) is 9.73. The van der Waals surface area contributed by atoms with Gasteiger partial charge in [0.25, 0.3) is 5.91 Å². The molecule has 2 aromatic rings. The normalized spacial score (nSPS) is 10.3. The second kappa shape index (κ2) is 9.13. The van der Waals surface area contributed by atoms with Gasteiger partial charge in [-0.3, -0.25) is 4.79 Å². The van der Waals surface area contributed by atoms with Crippen LogP contribution in [-0.2, 0) is 14.3 Å². The summed E-state index contributed by atoms with van der Waals surface area (Å²) in [6.45, 7) is 5.17. The fourth-order valence-corrected chi connectivity index (χ4v) is 3.83. The molecule has 6 nitrogen and oxygen atoms in total. The highest BCUT2D eigenvalue weighted by atomic mass is 127. The Morgan fingerprint density at radius 1 is 1.12 bits per heavy atom. The number of ether oxygens (including phenoxy) is 2. The van der Waals surface area contributed by atoms with E-state index in [9.17, 15) is 14.4 Å². The Labute approximate surface area is 169 Å². The second-order valence-corrected chi connectivity index (χ2v) is 7.70. The zero-order valence-electron chi connectivity index (χ0n) is 14.6. The number of hydrogen-bond acceptors (Lipinski definition) is 6. The largest absolute Gasteiger partial charge is 0.462 e. The highest BCUT2D eigenvalue weighted by molar-refractivity contribution is 14.1. The molecular formula is C18H18INO5S. The molecule has 2 rings (SSSR count). The Bertz CT molecular complexity index is 846. The Morgan fingerprint density at radius 2 is 1.81 bits per heavy atom. The molecule has 0 aliphatic rings. The van der Waals surface area contributed by atoms with Crippen LogP contribution in [0.1, 0.15) is 38.1 Å². The van der Waals surface area contributed by atoms with Gasteiger partial charge in [-0.15, -0.1) is 11.3 Å². The number of carbonyl (C=O) groups excluding carboxylic acids is 3. The van der Waals surface area contributed by atoms with Gasteiger partial charge < -0.3 is 14.8 Å². The molecular weight excluding hydrogens is 469 g/mol. The Morgan fingerprint density at radius 3 is 2.46 bits per heavy atom. The van der Waals surface area contributed by atoms with Crippen LogP contribution in [0.25, 0.3) is 0 Å². The van der Waals surface area contributed by atoms with Gasteiger partial charge in [0.1, 0.15) is 5.00 Å². The molecule has 1 aromatic heterocycles. The second-order valence-electron chi connectivity index (χ2n) is 5.31. The van der Waals surface area contributed by atoms with Crippen molar-refractivity contribution in [2.24, 2.45) is 0 Å². The number of esters is 2. The molecule has 1 aromatic carbocycles. The van der Waals surface area contributed by atoms with Crippen LogP contribution in [0.15, 0.2) is 24.3 Å². The van der Waals surface area contributed by atoms with Crippen LogP contribution in [0.5, 0.6) is 0 Å². The van der Waals surface area contributed by atoms with Crippen molar-refractivity contribution in [3.8, 4) is 0 Å². The van der Waals surface area contributed by atoms with Crippen molar-refractivity contribution in [1.29, 1.82) is 0 Å². The van der Waals surface area contributed by atoms with Gasteiger partial charge >= 0.3 is 11.9 Å². The third kappa shape index (κ3) is 4.82. The van der Waals surface area contributed by atoms with Crippen molar-refractivity contribution in [3.05, 3.63) is 49.4 Å². The number of rotatable bonds is 6. The molecule has 0 bridgehead atoms. The summed E-state index contributed by atoms with van der Waals surface area (Å²) in [6.07, 6.45) is 0. The Hall–Kier alpha value is -1.94. The van der Waals surface area contributed by atoms with Crippen molar-refractivity contribution in [1.82, 2.24) is 0 Å². The number of carbonyl (C=O) groups is 3. The van der Waals surface area contributed by atoms with E-state index in [0.29, 0.717) is 16.1 Å². The molecule has 0 atom stereocenters. The molecule has 0 fully saturated rings. The average Bonchev–Trinajstić information content (AvgIpc) is 2.87. The molecule has 1 amide bonds. The Balaban J connectivity index is 2.04. The quantitative estimate of drug-likeness (QED) is 0.493. The van der Waals surface area contributed by atoms with Crippen LogP contribution in [0, 0.1) is 17.4 Å². The first kappa shape index (κ1) is 20.4. The van der Waals surface area contributed by atoms with E-state index in [1.807, 2.05) is 35.6 Å². The highest BCUT2D eigenvalue weighted by Gasteiger charge is 2.22. The standard InChI is InChI=1S/C18H18INO5S/c1-4-24-18(23)15-10(2)11(3)26-16(15)20-14(21)9-25-17(22)12-7-5-6-8-13(12)19/h5-8H,4,9H2,1-3H3,(H,20,21). The van der Waals surface area contributed by atoms with Crippen molar-refractivity contribution >= 4 is 56.8 Å². The van der Waals surface area contributed by atoms with Crippen LogP contribution in [0.2, 0.25) is 0 Å². The highest BCUT2D eigenvalue weighted by Crippen LogP contribution is 2.33. The van der Waals surface area contributed by atoms with Gasteiger partial charge in [-0.1, -0.05) is 12.1 Å². The summed E-state index contributed by atoms with van der Waals surface area (Å²) in [5.41, 5.74) is 1.50. The number of nitrogens with one attached hydrogen (secondary N) is 1. The molecule has 0 spiro atoms. The lowest BCUT2D eigenvalue weighted by molar-refractivity contribution is -0.119. The van der Waals surface area contributed by atoms with Gasteiger partial charge in [-0.05, 0) is 61.1 Å². The molecule has 138 valence electrons. The van der Waals surface area contributed by atoms with Gasteiger partial charge in [0.2, 0.25) is 0 Å². The monoisotopic (exact) mass is 487 g/mol. The maximum Gasteiger partial charge on any atom is 0.341 e. The Kier molecular flexibility index (Phi) is 7.15. The van der Waals surface area contributed by atoms with Crippen molar-refractivity contribution in [2.75, 3.05) is 18.5 Å². The number of anilines is 1. The molecule has 0 saturated heterocycles. The van der Waals surface area contributed by atoms with Gasteiger partial charge in [-0.25, -0.2) is 9.59 Å². The van der Waals surface area contributed by atoms with Gasteiger partial charge in [0.05, 0.1) is 17.7 Å². The van der Waals surface area contributed by atoms with E-state index >= 15 is 0 Å². The summed E-state index contributed by atoms with van der Waals surface area (Å²) >= 11 is 3.31. The van der Waals surface area contributed by atoms with E-state index < -0.39 is 24.5 Å². The first-order chi connectivity index (χ1) is 12.3. The van der Waals surface area contributed by atoms with E-state index in [1.165, 1.54) is 11.3 Å². The van der Waals surface area contributed by atoms with E-state index in [2.05, 4.69) is 5.32 Å². The van der Waals surface area contributed by atoms with Crippen LogP contribution >= 0.6 is 33.9 Å². The molecule has 0 aliphatic heterocycles. The fourth-order valence-electron chi connectivity index (χ4n) is 2.16. The van der Waals surface area contributed by atoms with Gasteiger partial charge in [0.15, 0.2) is 6.61 Å². The van der Waals surface area contributed by atoms with Crippen molar-refractivity contribution in [2.45, 2.75) is 20.8 Å². The SMILES string of the molecule is CCOC(=O)c1c(NC(=O)COC(=O)c2ccccc2I)sc(C)c1C. The van der Waals surface area contributed by atoms with Crippen molar-refractivity contribution < 1.29 is 23.9 Å². The maximum absolute atomic E-state index is 12.2. The fraction of sp³-hybridized carbons (Fsp3) is 0.278. The van der Waals surface area contributed by atoms with E-state index in [4.69, 9.17) is 9.47 Å². The zero-order valence-corrected chi connectivity index (χ0v) is 17.5. The number of benzene rings is 1. The summed E-state index contributed by atoms with van der Waals surface area (Å²) < 4.78 is 10.8.